The molecule has 0 radical (unpaired) electrons. The van der Waals surface area contributed by atoms with Gasteiger partial charge < -0.3 is 9.84 Å². The fourth-order valence-electron chi connectivity index (χ4n) is 1.66. The van der Waals surface area contributed by atoms with E-state index in [4.69, 9.17) is 9.84 Å². The Balaban J connectivity index is 1.85. The van der Waals surface area contributed by atoms with Crippen molar-refractivity contribution in [1.82, 2.24) is 0 Å². The van der Waals surface area contributed by atoms with Gasteiger partial charge in [-0.25, -0.2) is 0 Å². The lowest BCUT2D eigenvalue weighted by Gasteiger charge is -2.08. The van der Waals surface area contributed by atoms with Crippen molar-refractivity contribution in [1.29, 1.82) is 0 Å². The monoisotopic (exact) mass is 234 g/mol. The molecule has 2 rings (SSSR count). The Morgan fingerprint density at radius 1 is 1.41 bits per heavy atom. The lowest BCUT2D eigenvalue weighted by Crippen LogP contribution is -2.12. The summed E-state index contributed by atoms with van der Waals surface area (Å²) >= 11 is 0. The summed E-state index contributed by atoms with van der Waals surface area (Å²) in [7, 11) is 0. The second-order valence-corrected chi connectivity index (χ2v) is 4.84. The molecule has 1 saturated carbocycles. The third-order valence-electron chi connectivity index (χ3n) is 3.07. The molecule has 3 nitrogen and oxygen atoms in total. The van der Waals surface area contributed by atoms with E-state index in [0.29, 0.717) is 6.42 Å². The number of carbonyl (C=O) groups is 1. The molecule has 0 spiro atoms. The Kier molecular flexibility index (Phi) is 3.67. The van der Waals surface area contributed by atoms with Crippen LogP contribution in [0.25, 0.3) is 0 Å². The van der Waals surface area contributed by atoms with Crippen LogP contribution in [0.5, 0.6) is 5.75 Å². The van der Waals surface area contributed by atoms with E-state index in [9.17, 15) is 4.79 Å². The normalized spacial score (nSPS) is 16.5. The van der Waals surface area contributed by atoms with Crippen LogP contribution in [0.15, 0.2) is 24.3 Å². The molecule has 92 valence electrons. The van der Waals surface area contributed by atoms with Crippen molar-refractivity contribution in [2.75, 3.05) is 6.61 Å². The smallest absolute Gasteiger partial charge is 0.306 e. The van der Waals surface area contributed by atoms with Gasteiger partial charge in [-0.05, 0) is 42.9 Å². The van der Waals surface area contributed by atoms with Crippen LogP contribution in [0.1, 0.15) is 25.3 Å². The molecule has 1 atom stereocenters. The largest absolute Gasteiger partial charge is 0.493 e. The van der Waals surface area contributed by atoms with Crippen molar-refractivity contribution in [3.8, 4) is 5.75 Å². The molecule has 0 heterocycles. The van der Waals surface area contributed by atoms with E-state index >= 15 is 0 Å². The highest BCUT2D eigenvalue weighted by molar-refractivity contribution is 5.69. The maximum atomic E-state index is 10.7. The van der Waals surface area contributed by atoms with E-state index < -0.39 is 5.97 Å². The van der Waals surface area contributed by atoms with Crippen molar-refractivity contribution < 1.29 is 14.6 Å². The number of hydrogen-bond donors (Lipinski definition) is 1. The molecule has 17 heavy (non-hydrogen) atoms. The van der Waals surface area contributed by atoms with E-state index in [2.05, 4.69) is 0 Å². The van der Waals surface area contributed by atoms with Crippen LogP contribution in [0.4, 0.5) is 0 Å². The molecule has 1 aliphatic rings. The first-order valence-corrected chi connectivity index (χ1v) is 6.09. The van der Waals surface area contributed by atoms with Crippen molar-refractivity contribution in [2.45, 2.75) is 26.2 Å². The highest BCUT2D eigenvalue weighted by Crippen LogP contribution is 2.29. The first kappa shape index (κ1) is 12.0. The molecule has 1 aliphatic carbocycles. The third-order valence-corrected chi connectivity index (χ3v) is 3.07. The van der Waals surface area contributed by atoms with Crippen molar-refractivity contribution in [3.63, 3.8) is 0 Å². The van der Waals surface area contributed by atoms with Gasteiger partial charge in [0.05, 0.1) is 12.5 Å². The zero-order chi connectivity index (χ0) is 12.3. The van der Waals surface area contributed by atoms with Crippen LogP contribution in [0.3, 0.4) is 0 Å². The fraction of sp³-hybridized carbons (Fsp3) is 0.500. The molecule has 1 unspecified atom stereocenters. The lowest BCUT2D eigenvalue weighted by atomic mass is 10.0. The summed E-state index contributed by atoms with van der Waals surface area (Å²) in [5.74, 6) is 0.539. The maximum Gasteiger partial charge on any atom is 0.306 e. The van der Waals surface area contributed by atoms with E-state index in [1.54, 1.807) is 6.92 Å². The zero-order valence-corrected chi connectivity index (χ0v) is 10.1. The van der Waals surface area contributed by atoms with Gasteiger partial charge in [0, 0.05) is 0 Å². The summed E-state index contributed by atoms with van der Waals surface area (Å²) in [6.07, 6.45) is 3.14. The van der Waals surface area contributed by atoms with E-state index in [1.807, 2.05) is 24.3 Å². The Morgan fingerprint density at radius 2 is 2.06 bits per heavy atom. The van der Waals surface area contributed by atoms with Gasteiger partial charge in [0.15, 0.2) is 0 Å². The molecule has 0 aliphatic heterocycles. The third kappa shape index (κ3) is 3.77. The quantitative estimate of drug-likeness (QED) is 0.823. The fourth-order valence-corrected chi connectivity index (χ4v) is 1.66. The molecule has 0 bridgehead atoms. The maximum absolute atomic E-state index is 10.7. The lowest BCUT2D eigenvalue weighted by molar-refractivity contribution is -0.141. The molecule has 1 N–H and O–H groups in total. The Labute approximate surface area is 101 Å². The molecular formula is C14H18O3. The summed E-state index contributed by atoms with van der Waals surface area (Å²) in [4.78, 5) is 10.7. The number of benzene rings is 1. The highest BCUT2D eigenvalue weighted by atomic mass is 16.5. The van der Waals surface area contributed by atoms with E-state index in [-0.39, 0.29) is 5.92 Å². The summed E-state index contributed by atoms with van der Waals surface area (Å²) in [5.41, 5.74) is 1.04. The van der Waals surface area contributed by atoms with Gasteiger partial charge in [0.25, 0.3) is 0 Å². The molecular weight excluding hydrogens is 216 g/mol. The number of rotatable bonds is 6. The minimum atomic E-state index is -0.751. The molecule has 1 fully saturated rings. The molecule has 0 amide bonds. The summed E-state index contributed by atoms with van der Waals surface area (Å²) in [5, 5.41) is 8.83. The van der Waals surface area contributed by atoms with Gasteiger partial charge >= 0.3 is 5.97 Å². The van der Waals surface area contributed by atoms with Gasteiger partial charge in [0.2, 0.25) is 0 Å². The van der Waals surface area contributed by atoms with Crippen molar-refractivity contribution >= 4 is 5.97 Å². The Hall–Kier alpha value is -1.51. The first-order valence-electron chi connectivity index (χ1n) is 6.09. The van der Waals surface area contributed by atoms with Crippen LogP contribution < -0.4 is 4.74 Å². The number of ether oxygens (including phenoxy) is 1. The van der Waals surface area contributed by atoms with Gasteiger partial charge in [-0.3, -0.25) is 4.79 Å². The molecule has 1 aromatic carbocycles. The number of aliphatic carboxylic acids is 1. The average Bonchev–Trinajstić information content (AvgIpc) is 3.12. The minimum Gasteiger partial charge on any atom is -0.493 e. The minimum absolute atomic E-state index is 0.340. The number of hydrogen-bond acceptors (Lipinski definition) is 2. The first-order chi connectivity index (χ1) is 8.15. The van der Waals surface area contributed by atoms with Crippen LogP contribution in [0.2, 0.25) is 0 Å². The summed E-state index contributed by atoms with van der Waals surface area (Å²) < 4.78 is 5.62. The van der Waals surface area contributed by atoms with Crippen LogP contribution >= 0.6 is 0 Å². The summed E-state index contributed by atoms with van der Waals surface area (Å²) in [6, 6.07) is 7.74. The number of carboxylic acid groups (broad SMARTS) is 1. The molecule has 0 aromatic heterocycles. The second-order valence-electron chi connectivity index (χ2n) is 4.84. The van der Waals surface area contributed by atoms with Gasteiger partial charge in [-0.15, -0.1) is 0 Å². The van der Waals surface area contributed by atoms with Crippen molar-refractivity contribution in [3.05, 3.63) is 29.8 Å². The Morgan fingerprint density at radius 3 is 2.59 bits per heavy atom. The van der Waals surface area contributed by atoms with Crippen molar-refractivity contribution in [2.24, 2.45) is 11.8 Å². The highest BCUT2D eigenvalue weighted by Gasteiger charge is 2.21. The SMILES string of the molecule is CC(Cc1ccc(OCC2CC2)cc1)C(=O)O. The summed E-state index contributed by atoms with van der Waals surface area (Å²) in [6.45, 7) is 2.53. The average molecular weight is 234 g/mol. The molecule has 3 heteroatoms. The van der Waals surface area contributed by atoms with Crippen LogP contribution in [0, 0.1) is 11.8 Å². The standard InChI is InChI=1S/C14H18O3/c1-10(14(15)16)8-11-4-6-13(7-5-11)17-9-12-2-3-12/h4-7,10,12H,2-3,8-9H2,1H3,(H,15,16). The van der Waals surface area contributed by atoms with E-state index in [0.717, 1.165) is 23.8 Å². The predicted octanol–water partition coefficient (Wildman–Crippen LogP) is 2.74. The van der Waals surface area contributed by atoms with Gasteiger partial charge in [0.1, 0.15) is 5.75 Å². The molecule has 0 saturated heterocycles. The predicted molar refractivity (Wildman–Crippen MR) is 65.2 cm³/mol. The zero-order valence-electron chi connectivity index (χ0n) is 10.1. The van der Waals surface area contributed by atoms with Gasteiger partial charge in [-0.1, -0.05) is 19.1 Å². The second kappa shape index (κ2) is 5.21. The number of carboxylic acids is 1. The van der Waals surface area contributed by atoms with Gasteiger partial charge in [-0.2, -0.15) is 0 Å². The topological polar surface area (TPSA) is 46.5 Å². The van der Waals surface area contributed by atoms with E-state index in [1.165, 1.54) is 12.8 Å². The molecule has 1 aromatic rings. The van der Waals surface area contributed by atoms with Crippen LogP contribution in [-0.2, 0) is 11.2 Å². The Bertz CT molecular complexity index is 379. The van der Waals surface area contributed by atoms with Crippen LogP contribution in [-0.4, -0.2) is 17.7 Å².